The summed E-state index contributed by atoms with van der Waals surface area (Å²) in [4.78, 5) is 10.8. The Morgan fingerprint density at radius 2 is 2.41 bits per heavy atom. The maximum Gasteiger partial charge on any atom is 0.234 e. The number of nitrogens with zero attached hydrogens (tertiary/aromatic N) is 1. The topological polar surface area (TPSA) is 88.1 Å². The van der Waals surface area contributed by atoms with Crippen LogP contribution in [0.25, 0.3) is 0 Å². The lowest BCUT2D eigenvalue weighted by Crippen LogP contribution is -2.38. The highest BCUT2D eigenvalue weighted by atomic mass is 16.5. The summed E-state index contributed by atoms with van der Waals surface area (Å²) in [5.74, 6) is 0.250. The fourth-order valence-corrected chi connectivity index (χ4v) is 1.23. The Labute approximate surface area is 100 Å². The number of amides is 1. The first-order chi connectivity index (χ1) is 8.13. The zero-order valence-electron chi connectivity index (χ0n) is 9.64. The van der Waals surface area contributed by atoms with E-state index in [2.05, 4.69) is 5.32 Å². The molecule has 0 heterocycles. The van der Waals surface area contributed by atoms with Gasteiger partial charge in [-0.05, 0) is 24.6 Å². The Morgan fingerprint density at radius 3 is 3.06 bits per heavy atom. The van der Waals surface area contributed by atoms with Gasteiger partial charge in [0.15, 0.2) is 6.61 Å². The van der Waals surface area contributed by atoms with Crippen LogP contribution in [0.15, 0.2) is 24.3 Å². The maximum absolute atomic E-state index is 10.8. The van der Waals surface area contributed by atoms with Gasteiger partial charge in [0, 0.05) is 6.54 Å². The molecule has 17 heavy (non-hydrogen) atoms. The maximum atomic E-state index is 10.8. The number of nitriles is 1. The van der Waals surface area contributed by atoms with E-state index in [0.717, 1.165) is 5.56 Å². The van der Waals surface area contributed by atoms with Crippen LogP contribution in [0.1, 0.15) is 12.5 Å². The number of hydrogen-bond acceptors (Lipinski definition) is 4. The molecule has 0 spiro atoms. The highest BCUT2D eigenvalue weighted by molar-refractivity contribution is 5.79. The second-order valence-electron chi connectivity index (χ2n) is 3.60. The number of carbonyl (C=O) groups excluding carboxylic acids is 1. The zero-order chi connectivity index (χ0) is 12.7. The smallest absolute Gasteiger partial charge is 0.234 e. The first-order valence-corrected chi connectivity index (χ1v) is 5.25. The molecule has 0 aromatic heterocycles. The molecule has 3 N–H and O–H groups in total. The van der Waals surface area contributed by atoms with Crippen LogP contribution in [0.3, 0.4) is 0 Å². The lowest BCUT2D eigenvalue weighted by Gasteiger charge is -2.10. The van der Waals surface area contributed by atoms with Crippen molar-refractivity contribution in [2.45, 2.75) is 19.5 Å². The molecule has 1 amide bonds. The Kier molecular flexibility index (Phi) is 4.98. The molecule has 1 rings (SSSR count). The van der Waals surface area contributed by atoms with E-state index in [4.69, 9.17) is 15.7 Å². The second kappa shape index (κ2) is 6.51. The molecule has 1 atom stereocenters. The third kappa shape index (κ3) is 4.53. The molecule has 0 fully saturated rings. The molecule has 0 radical (unpaired) electrons. The van der Waals surface area contributed by atoms with Crippen molar-refractivity contribution in [2.24, 2.45) is 5.73 Å². The normalized spacial score (nSPS) is 11.5. The Hall–Kier alpha value is -2.06. The number of rotatable bonds is 6. The molecular formula is C12H15N3O2. The van der Waals surface area contributed by atoms with E-state index in [1.807, 2.05) is 24.3 Å². The molecule has 1 unspecified atom stereocenters. The van der Waals surface area contributed by atoms with Crippen LogP contribution in [-0.4, -0.2) is 18.6 Å². The molecular weight excluding hydrogens is 218 g/mol. The van der Waals surface area contributed by atoms with Gasteiger partial charge in [0.2, 0.25) is 5.91 Å². The summed E-state index contributed by atoms with van der Waals surface area (Å²) in [6, 6.07) is 8.85. The lowest BCUT2D eigenvalue weighted by molar-refractivity contribution is -0.119. The van der Waals surface area contributed by atoms with Crippen LogP contribution in [0, 0.1) is 11.3 Å². The minimum atomic E-state index is -0.387. The highest BCUT2D eigenvalue weighted by Gasteiger charge is 2.07. The molecule has 0 saturated carbocycles. The molecule has 0 aliphatic carbocycles. The van der Waals surface area contributed by atoms with E-state index < -0.39 is 0 Å². The Balaban J connectivity index is 2.54. The minimum absolute atomic E-state index is 0.0224. The van der Waals surface area contributed by atoms with Gasteiger partial charge >= 0.3 is 0 Å². The number of nitrogens with one attached hydrogen (secondary N) is 1. The summed E-state index contributed by atoms with van der Waals surface area (Å²) in [7, 11) is 0. The highest BCUT2D eigenvalue weighted by Crippen LogP contribution is 2.13. The average Bonchev–Trinajstić information content (AvgIpc) is 2.33. The van der Waals surface area contributed by atoms with Crippen molar-refractivity contribution < 1.29 is 9.53 Å². The molecule has 90 valence electrons. The average molecular weight is 233 g/mol. The van der Waals surface area contributed by atoms with Gasteiger partial charge in [-0.1, -0.05) is 12.1 Å². The summed E-state index contributed by atoms with van der Waals surface area (Å²) in [5.41, 5.74) is 6.10. The molecule has 0 aliphatic rings. The monoisotopic (exact) mass is 233 g/mol. The number of benzene rings is 1. The summed E-state index contributed by atoms with van der Waals surface area (Å²) in [6.07, 6.45) is 0. The number of carbonyl (C=O) groups is 1. The van der Waals surface area contributed by atoms with E-state index in [9.17, 15) is 4.79 Å². The molecule has 0 bridgehead atoms. The van der Waals surface area contributed by atoms with Gasteiger partial charge in [-0.15, -0.1) is 0 Å². The largest absolute Gasteiger partial charge is 0.479 e. The van der Waals surface area contributed by atoms with Crippen LogP contribution < -0.4 is 15.8 Å². The summed E-state index contributed by atoms with van der Waals surface area (Å²) >= 11 is 0. The van der Waals surface area contributed by atoms with Crippen LogP contribution in [-0.2, 0) is 11.3 Å². The summed E-state index contributed by atoms with van der Waals surface area (Å²) in [5, 5.41) is 11.4. The number of ether oxygens (including phenoxy) is 1. The fourth-order valence-electron chi connectivity index (χ4n) is 1.23. The van der Waals surface area contributed by atoms with Crippen molar-refractivity contribution in [1.29, 1.82) is 5.26 Å². The fraction of sp³-hybridized carbons (Fsp3) is 0.333. The minimum Gasteiger partial charge on any atom is -0.479 e. The third-order valence-electron chi connectivity index (χ3n) is 2.24. The quantitative estimate of drug-likeness (QED) is 0.751. The zero-order valence-corrected chi connectivity index (χ0v) is 9.64. The van der Waals surface area contributed by atoms with E-state index in [1.54, 1.807) is 13.0 Å². The van der Waals surface area contributed by atoms with Gasteiger partial charge in [0.05, 0.1) is 6.04 Å². The standard InChI is InChI=1S/C12H15N3O2/c1-9(12(14)16)15-8-10-3-2-4-11(7-10)17-6-5-13/h2-4,7,9,15H,6,8H2,1H3,(H2,14,16). The van der Waals surface area contributed by atoms with Crippen molar-refractivity contribution in [3.05, 3.63) is 29.8 Å². The van der Waals surface area contributed by atoms with Crippen molar-refractivity contribution >= 4 is 5.91 Å². The van der Waals surface area contributed by atoms with Gasteiger partial charge in [-0.25, -0.2) is 0 Å². The predicted octanol–water partition coefficient (Wildman–Crippen LogP) is 0.552. The van der Waals surface area contributed by atoms with Crippen molar-refractivity contribution in [2.75, 3.05) is 6.61 Å². The summed E-state index contributed by atoms with van der Waals surface area (Å²) < 4.78 is 5.17. The molecule has 5 heteroatoms. The predicted molar refractivity (Wildman–Crippen MR) is 63.0 cm³/mol. The Morgan fingerprint density at radius 1 is 1.65 bits per heavy atom. The van der Waals surface area contributed by atoms with Gasteiger partial charge in [0.25, 0.3) is 0 Å². The molecule has 1 aromatic rings. The molecule has 0 aliphatic heterocycles. The van der Waals surface area contributed by atoms with Gasteiger partial charge in [-0.2, -0.15) is 5.26 Å². The van der Waals surface area contributed by atoms with E-state index in [1.165, 1.54) is 0 Å². The number of hydrogen-bond donors (Lipinski definition) is 2. The van der Waals surface area contributed by atoms with Crippen LogP contribution in [0.4, 0.5) is 0 Å². The van der Waals surface area contributed by atoms with Gasteiger partial charge in [-0.3, -0.25) is 4.79 Å². The Bertz CT molecular complexity index is 426. The van der Waals surface area contributed by atoms with Crippen LogP contribution in [0.2, 0.25) is 0 Å². The van der Waals surface area contributed by atoms with Gasteiger partial charge in [0.1, 0.15) is 11.8 Å². The SMILES string of the molecule is CC(NCc1cccc(OCC#N)c1)C(N)=O. The molecule has 1 aromatic carbocycles. The van der Waals surface area contributed by atoms with E-state index >= 15 is 0 Å². The van der Waals surface area contributed by atoms with Crippen molar-refractivity contribution in [3.63, 3.8) is 0 Å². The summed E-state index contributed by atoms with van der Waals surface area (Å²) in [6.45, 7) is 2.25. The molecule has 0 saturated heterocycles. The van der Waals surface area contributed by atoms with Gasteiger partial charge < -0.3 is 15.8 Å². The van der Waals surface area contributed by atoms with Crippen molar-refractivity contribution in [1.82, 2.24) is 5.32 Å². The first kappa shape index (κ1) is 13.0. The second-order valence-corrected chi connectivity index (χ2v) is 3.60. The number of nitrogens with two attached hydrogens (primary N) is 1. The molecule has 5 nitrogen and oxygen atoms in total. The van der Waals surface area contributed by atoms with E-state index in [-0.39, 0.29) is 18.6 Å². The van der Waals surface area contributed by atoms with E-state index in [0.29, 0.717) is 12.3 Å². The first-order valence-electron chi connectivity index (χ1n) is 5.25. The van der Waals surface area contributed by atoms with Crippen LogP contribution >= 0.6 is 0 Å². The van der Waals surface area contributed by atoms with Crippen molar-refractivity contribution in [3.8, 4) is 11.8 Å². The number of primary amides is 1. The lowest BCUT2D eigenvalue weighted by atomic mass is 10.2. The third-order valence-corrected chi connectivity index (χ3v) is 2.24. The van der Waals surface area contributed by atoms with Crippen LogP contribution in [0.5, 0.6) is 5.75 Å².